The maximum atomic E-state index is 10.2. The third-order valence-corrected chi connectivity index (χ3v) is 5.59. The van der Waals surface area contributed by atoms with E-state index in [9.17, 15) is 25.5 Å². The van der Waals surface area contributed by atoms with Gasteiger partial charge in [0.2, 0.25) is 0 Å². The van der Waals surface area contributed by atoms with Crippen LogP contribution in [0.5, 0.6) is 28.7 Å². The molecule has 0 aliphatic heterocycles. The van der Waals surface area contributed by atoms with Gasteiger partial charge >= 0.3 is 0 Å². The summed E-state index contributed by atoms with van der Waals surface area (Å²) in [5.41, 5.74) is 4.70. The highest BCUT2D eigenvalue weighted by Gasteiger charge is 2.26. The van der Waals surface area contributed by atoms with E-state index < -0.39 is 23.2 Å². The van der Waals surface area contributed by atoms with Gasteiger partial charge in [0.05, 0.1) is 0 Å². The molecule has 31 heavy (non-hydrogen) atoms. The van der Waals surface area contributed by atoms with Crippen LogP contribution in [-0.2, 0) is 0 Å². The fraction of sp³-hybridized carbons (Fsp3) is 0.120. The summed E-state index contributed by atoms with van der Waals surface area (Å²) < 4.78 is 0. The summed E-state index contributed by atoms with van der Waals surface area (Å²) >= 11 is 0. The number of nitrogens with one attached hydrogen (secondary N) is 1. The van der Waals surface area contributed by atoms with Crippen LogP contribution in [0.15, 0.2) is 60.8 Å². The van der Waals surface area contributed by atoms with Crippen LogP contribution in [-0.4, -0.2) is 30.5 Å². The van der Waals surface area contributed by atoms with E-state index in [0.717, 1.165) is 33.2 Å². The van der Waals surface area contributed by atoms with E-state index in [1.54, 1.807) is 30.3 Å². The first kappa shape index (κ1) is 20.2. The number of fused-ring (bicyclic) bond motifs is 1. The third kappa shape index (κ3) is 3.53. The van der Waals surface area contributed by atoms with E-state index in [1.165, 1.54) is 12.1 Å². The summed E-state index contributed by atoms with van der Waals surface area (Å²) in [5, 5.41) is 51.2. The second-order valence-corrected chi connectivity index (χ2v) is 7.56. The monoisotopic (exact) mass is 417 g/mol. The molecule has 0 aliphatic rings. The van der Waals surface area contributed by atoms with Crippen LogP contribution in [0.2, 0.25) is 0 Å². The summed E-state index contributed by atoms with van der Waals surface area (Å²) in [5.74, 6) is -1.73. The van der Waals surface area contributed by atoms with Gasteiger partial charge in [-0.3, -0.25) is 0 Å². The van der Waals surface area contributed by atoms with Crippen molar-refractivity contribution in [1.82, 2.24) is 4.98 Å². The highest BCUT2D eigenvalue weighted by molar-refractivity contribution is 5.90. The highest BCUT2D eigenvalue weighted by Crippen LogP contribution is 2.46. The first-order valence-electron chi connectivity index (χ1n) is 9.81. The van der Waals surface area contributed by atoms with Crippen molar-refractivity contribution in [2.24, 2.45) is 0 Å². The third-order valence-electron chi connectivity index (χ3n) is 5.59. The summed E-state index contributed by atoms with van der Waals surface area (Å²) in [6, 6.07) is 12.9. The molecule has 4 rings (SSSR count). The Morgan fingerprint density at radius 1 is 0.871 bits per heavy atom. The van der Waals surface area contributed by atoms with Crippen LogP contribution < -0.4 is 0 Å². The summed E-state index contributed by atoms with van der Waals surface area (Å²) in [4.78, 5) is 3.20. The SMILES string of the molecule is C/C=C(\c1cc(O)ccc1C)C(c1cc(O)c(O)c(O)c1)c1c[nH]c2ccc(O)cc12. The topological polar surface area (TPSA) is 117 Å². The molecule has 6 N–H and O–H groups in total. The van der Waals surface area contributed by atoms with Crippen LogP contribution in [0, 0.1) is 6.92 Å². The average molecular weight is 417 g/mol. The number of hydrogen-bond donors (Lipinski definition) is 6. The molecule has 6 nitrogen and oxygen atoms in total. The van der Waals surface area contributed by atoms with Crippen molar-refractivity contribution < 1.29 is 25.5 Å². The van der Waals surface area contributed by atoms with Gasteiger partial charge < -0.3 is 30.5 Å². The van der Waals surface area contributed by atoms with Crippen molar-refractivity contribution >= 4 is 16.5 Å². The van der Waals surface area contributed by atoms with E-state index in [2.05, 4.69) is 4.98 Å². The number of aromatic hydroxyl groups is 5. The maximum Gasteiger partial charge on any atom is 0.200 e. The Labute approximate surface area is 179 Å². The number of aryl methyl sites for hydroxylation is 1. The van der Waals surface area contributed by atoms with E-state index in [1.807, 2.05) is 32.2 Å². The molecule has 6 heteroatoms. The van der Waals surface area contributed by atoms with Crippen LogP contribution in [0.3, 0.4) is 0 Å². The number of benzene rings is 3. The number of hydrogen-bond acceptors (Lipinski definition) is 5. The molecule has 1 unspecified atom stereocenters. The Balaban J connectivity index is 2.03. The van der Waals surface area contributed by atoms with Crippen LogP contribution in [0.1, 0.15) is 35.1 Å². The highest BCUT2D eigenvalue weighted by atomic mass is 16.3. The predicted octanol–water partition coefficient (Wildman–Crippen LogP) is 5.24. The standard InChI is InChI=1S/C25H23NO5/c1-3-17(18-10-15(27)5-4-13(18)2)24(14-8-22(29)25(31)23(30)9-14)20-12-26-21-7-6-16(28)11-19(20)21/h3-12,24,26-31H,1-2H3/b17-3+. The fourth-order valence-corrected chi connectivity index (χ4v) is 4.09. The molecule has 3 aromatic carbocycles. The average Bonchev–Trinajstić information content (AvgIpc) is 3.14. The second-order valence-electron chi connectivity index (χ2n) is 7.56. The van der Waals surface area contributed by atoms with Gasteiger partial charge in [0.15, 0.2) is 17.2 Å². The zero-order valence-electron chi connectivity index (χ0n) is 17.1. The molecule has 1 heterocycles. The maximum absolute atomic E-state index is 10.2. The number of allylic oxidation sites excluding steroid dienone is 2. The number of H-pyrrole nitrogens is 1. The second kappa shape index (κ2) is 7.65. The molecule has 4 aromatic rings. The lowest BCUT2D eigenvalue weighted by Crippen LogP contribution is -2.05. The lowest BCUT2D eigenvalue weighted by atomic mass is 9.80. The van der Waals surface area contributed by atoms with E-state index >= 15 is 0 Å². The Kier molecular flexibility index (Phi) is 4.99. The summed E-state index contributed by atoms with van der Waals surface area (Å²) in [6.45, 7) is 3.81. The van der Waals surface area contributed by atoms with E-state index in [-0.39, 0.29) is 11.5 Å². The van der Waals surface area contributed by atoms with Gasteiger partial charge in [-0.15, -0.1) is 0 Å². The number of rotatable bonds is 4. The Hall–Kier alpha value is -4.06. The normalized spacial score (nSPS) is 12.9. The molecule has 0 aliphatic carbocycles. The Morgan fingerprint density at radius 3 is 2.19 bits per heavy atom. The molecule has 0 saturated heterocycles. The minimum Gasteiger partial charge on any atom is -0.508 e. The van der Waals surface area contributed by atoms with Gasteiger partial charge in [0.25, 0.3) is 0 Å². The summed E-state index contributed by atoms with van der Waals surface area (Å²) in [7, 11) is 0. The first-order valence-corrected chi connectivity index (χ1v) is 9.81. The van der Waals surface area contributed by atoms with Crippen molar-refractivity contribution in [1.29, 1.82) is 0 Å². The van der Waals surface area contributed by atoms with Crippen LogP contribution in [0.4, 0.5) is 0 Å². The molecule has 0 fully saturated rings. The van der Waals surface area contributed by atoms with Crippen molar-refractivity contribution in [2.45, 2.75) is 19.8 Å². The molecule has 1 atom stereocenters. The van der Waals surface area contributed by atoms with Gasteiger partial charge in [-0.1, -0.05) is 12.1 Å². The number of aromatic nitrogens is 1. The summed E-state index contributed by atoms with van der Waals surface area (Å²) in [6.07, 6.45) is 3.73. The molecule has 158 valence electrons. The number of phenols is 5. The molecule has 0 amide bonds. The lowest BCUT2D eigenvalue weighted by molar-refractivity contribution is 0.367. The fourth-order valence-electron chi connectivity index (χ4n) is 4.09. The molecule has 1 aromatic heterocycles. The Bertz CT molecular complexity index is 1300. The predicted molar refractivity (Wildman–Crippen MR) is 120 cm³/mol. The van der Waals surface area contributed by atoms with Crippen molar-refractivity contribution in [3.05, 3.63) is 83.1 Å². The van der Waals surface area contributed by atoms with Crippen molar-refractivity contribution in [3.63, 3.8) is 0 Å². The van der Waals surface area contributed by atoms with Gasteiger partial charge in [-0.05, 0) is 84.1 Å². The van der Waals surface area contributed by atoms with Crippen LogP contribution in [0.25, 0.3) is 16.5 Å². The van der Waals surface area contributed by atoms with Gasteiger partial charge in [0, 0.05) is 23.0 Å². The lowest BCUT2D eigenvalue weighted by Gasteiger charge is -2.24. The largest absolute Gasteiger partial charge is 0.508 e. The van der Waals surface area contributed by atoms with Crippen molar-refractivity contribution in [3.8, 4) is 28.7 Å². The molecular formula is C25H23NO5. The molecule has 0 saturated carbocycles. The zero-order chi connectivity index (χ0) is 22.3. The van der Waals surface area contributed by atoms with Gasteiger partial charge in [-0.25, -0.2) is 0 Å². The smallest absolute Gasteiger partial charge is 0.200 e. The zero-order valence-corrected chi connectivity index (χ0v) is 17.1. The van der Waals surface area contributed by atoms with Gasteiger partial charge in [-0.2, -0.15) is 0 Å². The number of phenolic OH excluding ortho intramolecular Hbond substituents is 5. The quantitative estimate of drug-likeness (QED) is 0.254. The van der Waals surface area contributed by atoms with E-state index in [0.29, 0.717) is 5.56 Å². The molecular weight excluding hydrogens is 394 g/mol. The van der Waals surface area contributed by atoms with E-state index in [4.69, 9.17) is 0 Å². The van der Waals surface area contributed by atoms with Crippen molar-refractivity contribution in [2.75, 3.05) is 0 Å². The van der Waals surface area contributed by atoms with Gasteiger partial charge in [0.1, 0.15) is 11.5 Å². The minimum absolute atomic E-state index is 0.110. The minimum atomic E-state index is -0.588. The number of aromatic amines is 1. The van der Waals surface area contributed by atoms with Crippen LogP contribution >= 0.6 is 0 Å². The molecule has 0 spiro atoms. The Morgan fingerprint density at radius 2 is 1.52 bits per heavy atom. The first-order chi connectivity index (χ1) is 14.8. The molecule has 0 radical (unpaired) electrons. The molecule has 0 bridgehead atoms.